The van der Waals surface area contributed by atoms with Crippen LogP contribution in [0.5, 0.6) is 0 Å². The van der Waals surface area contributed by atoms with Crippen molar-refractivity contribution >= 4 is 89.9 Å². The van der Waals surface area contributed by atoms with Crippen LogP contribution in [0.4, 0.5) is 34.1 Å². The molecule has 4 heteroatoms. The fourth-order valence-corrected chi connectivity index (χ4v) is 10.8. The standard InChI is InChI=1S/C70H50N4/c1-3-49-25-28-53(29-26-49)54-34-42-68-64(46-54)66-48-62(40-44-70(66)74(68)58-23-15-8-16-24-58)72(56-19-11-6-12-20-56)60-37-32-52(33-38-60)51-30-35-59(36-31-51)71(55-17-9-5-10-18-55)61-39-43-69-65(47-61)63-45-50(4-2)27-41-67(63)73(69)57-21-13-7-14-22-57/h3-48H,1-2H2. The molecule has 0 saturated carbocycles. The quantitative estimate of drug-likeness (QED) is 0.121. The maximum absolute atomic E-state index is 4.09. The molecule has 0 atom stereocenters. The van der Waals surface area contributed by atoms with Crippen molar-refractivity contribution in [3.8, 4) is 33.6 Å². The lowest BCUT2D eigenvalue weighted by Gasteiger charge is -2.26. The molecule has 11 aromatic carbocycles. The highest BCUT2D eigenvalue weighted by atomic mass is 15.1. The van der Waals surface area contributed by atoms with Gasteiger partial charge in [-0.05, 0) is 167 Å². The minimum absolute atomic E-state index is 1.07. The lowest BCUT2D eigenvalue weighted by atomic mass is 10.0. The molecule has 0 aliphatic rings. The molecule has 0 N–H and O–H groups in total. The third-order valence-electron chi connectivity index (χ3n) is 14.4. The van der Waals surface area contributed by atoms with Crippen LogP contribution in [0, 0.1) is 0 Å². The van der Waals surface area contributed by atoms with Gasteiger partial charge in [-0.3, -0.25) is 0 Å². The molecule has 2 aromatic heterocycles. The topological polar surface area (TPSA) is 16.3 Å². The van der Waals surface area contributed by atoms with Crippen molar-refractivity contribution in [3.63, 3.8) is 0 Å². The Kier molecular flexibility index (Phi) is 11.1. The van der Waals surface area contributed by atoms with Gasteiger partial charge in [0.1, 0.15) is 0 Å². The maximum atomic E-state index is 4.09. The fourth-order valence-electron chi connectivity index (χ4n) is 10.8. The molecule has 13 rings (SSSR count). The Bertz CT molecular complexity index is 4170. The Hall–Kier alpha value is -9.90. The highest BCUT2D eigenvalue weighted by Gasteiger charge is 2.21. The van der Waals surface area contributed by atoms with E-state index in [2.05, 4.69) is 299 Å². The number of anilines is 6. The second-order valence-electron chi connectivity index (χ2n) is 18.7. The molecule has 350 valence electrons. The number of aromatic nitrogens is 2. The largest absolute Gasteiger partial charge is 0.310 e. The van der Waals surface area contributed by atoms with Gasteiger partial charge in [-0.1, -0.05) is 159 Å². The molecule has 0 aliphatic heterocycles. The predicted octanol–water partition coefficient (Wildman–Crippen LogP) is 19.4. The van der Waals surface area contributed by atoms with Gasteiger partial charge in [0.05, 0.1) is 22.1 Å². The lowest BCUT2D eigenvalue weighted by Crippen LogP contribution is -2.10. The first-order chi connectivity index (χ1) is 36.6. The fraction of sp³-hybridized carbons (Fsp3) is 0. The van der Waals surface area contributed by atoms with E-state index < -0.39 is 0 Å². The van der Waals surface area contributed by atoms with Crippen LogP contribution in [-0.4, -0.2) is 9.13 Å². The van der Waals surface area contributed by atoms with Crippen molar-refractivity contribution in [2.24, 2.45) is 0 Å². The third-order valence-corrected chi connectivity index (χ3v) is 14.4. The highest BCUT2D eigenvalue weighted by Crippen LogP contribution is 2.43. The first kappa shape index (κ1) is 44.1. The van der Waals surface area contributed by atoms with E-state index in [4.69, 9.17) is 0 Å². The van der Waals surface area contributed by atoms with Crippen LogP contribution in [-0.2, 0) is 0 Å². The van der Waals surface area contributed by atoms with Gasteiger partial charge < -0.3 is 18.9 Å². The molecule has 0 aliphatic carbocycles. The van der Waals surface area contributed by atoms with Crippen LogP contribution in [0.25, 0.3) is 89.4 Å². The molecular formula is C70H50N4. The first-order valence-electron chi connectivity index (χ1n) is 25.1. The molecule has 0 amide bonds. The van der Waals surface area contributed by atoms with Crippen molar-refractivity contribution in [2.75, 3.05) is 9.80 Å². The summed E-state index contributed by atoms with van der Waals surface area (Å²) in [4.78, 5) is 4.71. The lowest BCUT2D eigenvalue weighted by molar-refractivity contribution is 1.18. The van der Waals surface area contributed by atoms with Crippen LogP contribution >= 0.6 is 0 Å². The number of fused-ring (bicyclic) bond motifs is 6. The van der Waals surface area contributed by atoms with Gasteiger partial charge in [0.25, 0.3) is 0 Å². The summed E-state index contributed by atoms with van der Waals surface area (Å²) >= 11 is 0. The normalized spacial score (nSPS) is 11.4. The van der Waals surface area contributed by atoms with Crippen LogP contribution in [0.15, 0.2) is 280 Å². The molecule has 0 radical (unpaired) electrons. The molecule has 0 fully saturated rings. The van der Waals surface area contributed by atoms with Gasteiger partial charge in [-0.15, -0.1) is 0 Å². The van der Waals surface area contributed by atoms with E-state index in [1.165, 1.54) is 38.2 Å². The molecule has 0 bridgehead atoms. The summed E-state index contributed by atoms with van der Waals surface area (Å²) in [5.74, 6) is 0. The molecule has 0 saturated heterocycles. The molecule has 0 unspecified atom stereocenters. The van der Waals surface area contributed by atoms with Gasteiger partial charge in [-0.25, -0.2) is 0 Å². The second-order valence-corrected chi connectivity index (χ2v) is 18.7. The summed E-state index contributed by atoms with van der Waals surface area (Å²) < 4.78 is 4.74. The van der Waals surface area contributed by atoms with Gasteiger partial charge in [0, 0.05) is 67.0 Å². The first-order valence-corrected chi connectivity index (χ1v) is 25.1. The van der Waals surface area contributed by atoms with Gasteiger partial charge in [0.2, 0.25) is 0 Å². The summed E-state index contributed by atoms with van der Waals surface area (Å²) in [6.45, 7) is 8.06. The van der Waals surface area contributed by atoms with Gasteiger partial charge in [0.15, 0.2) is 0 Å². The Morgan fingerprint density at radius 2 is 0.568 bits per heavy atom. The summed E-state index contributed by atoms with van der Waals surface area (Å²) in [6, 6.07) is 96.3. The van der Waals surface area contributed by atoms with Crippen molar-refractivity contribution in [3.05, 3.63) is 291 Å². The summed E-state index contributed by atoms with van der Waals surface area (Å²) in [7, 11) is 0. The Morgan fingerprint density at radius 3 is 1.01 bits per heavy atom. The summed E-state index contributed by atoms with van der Waals surface area (Å²) in [5, 5.41) is 4.77. The summed E-state index contributed by atoms with van der Waals surface area (Å²) in [5.41, 5.74) is 20.2. The van der Waals surface area contributed by atoms with Crippen molar-refractivity contribution < 1.29 is 0 Å². The van der Waals surface area contributed by atoms with E-state index in [1.54, 1.807) is 0 Å². The minimum Gasteiger partial charge on any atom is -0.310 e. The molecule has 0 spiro atoms. The van der Waals surface area contributed by atoms with E-state index in [0.717, 1.165) is 84.3 Å². The van der Waals surface area contributed by atoms with Gasteiger partial charge >= 0.3 is 0 Å². The van der Waals surface area contributed by atoms with Crippen molar-refractivity contribution in [1.29, 1.82) is 0 Å². The minimum atomic E-state index is 1.07. The van der Waals surface area contributed by atoms with E-state index in [-0.39, 0.29) is 0 Å². The number of nitrogens with zero attached hydrogens (tertiary/aromatic N) is 4. The van der Waals surface area contributed by atoms with Crippen molar-refractivity contribution in [2.45, 2.75) is 0 Å². The number of benzene rings is 11. The van der Waals surface area contributed by atoms with Crippen molar-refractivity contribution in [1.82, 2.24) is 9.13 Å². The summed E-state index contributed by atoms with van der Waals surface area (Å²) in [6.07, 6.45) is 3.81. The Balaban J connectivity index is 0.870. The highest BCUT2D eigenvalue weighted by molar-refractivity contribution is 6.13. The molecule has 13 aromatic rings. The average molecular weight is 947 g/mol. The molecule has 4 nitrogen and oxygen atoms in total. The zero-order chi connectivity index (χ0) is 49.5. The van der Waals surface area contributed by atoms with E-state index in [0.29, 0.717) is 0 Å². The molecule has 74 heavy (non-hydrogen) atoms. The molecule has 2 heterocycles. The number of para-hydroxylation sites is 4. The maximum Gasteiger partial charge on any atom is 0.0542 e. The van der Waals surface area contributed by atoms with E-state index in [1.807, 2.05) is 12.2 Å². The monoisotopic (exact) mass is 946 g/mol. The number of hydrogen-bond acceptors (Lipinski definition) is 2. The van der Waals surface area contributed by atoms with Gasteiger partial charge in [-0.2, -0.15) is 0 Å². The van der Waals surface area contributed by atoms with E-state index in [9.17, 15) is 0 Å². The van der Waals surface area contributed by atoms with E-state index >= 15 is 0 Å². The van der Waals surface area contributed by atoms with Crippen LogP contribution in [0.2, 0.25) is 0 Å². The Labute approximate surface area is 431 Å². The SMILES string of the molecule is C=Cc1ccc(-c2ccc3c(c2)c2cc(N(c4ccccc4)c4ccc(-c5ccc(N(c6ccccc6)c6ccc7c(c6)c6cc(C=C)ccc6n7-c6ccccc6)cc5)cc4)ccc2n3-c2ccccc2)cc1. The number of rotatable bonds is 12. The average Bonchev–Trinajstić information content (AvgIpc) is 3.99. The zero-order valence-corrected chi connectivity index (χ0v) is 40.8. The number of hydrogen-bond donors (Lipinski definition) is 0. The molecular weight excluding hydrogens is 897 g/mol. The predicted molar refractivity (Wildman–Crippen MR) is 316 cm³/mol. The smallest absolute Gasteiger partial charge is 0.0542 e. The van der Waals surface area contributed by atoms with Crippen LogP contribution in [0.1, 0.15) is 11.1 Å². The third kappa shape index (κ3) is 7.83. The van der Waals surface area contributed by atoms with Crippen LogP contribution in [0.3, 0.4) is 0 Å². The Morgan fingerprint density at radius 1 is 0.257 bits per heavy atom. The zero-order valence-electron chi connectivity index (χ0n) is 40.8. The van der Waals surface area contributed by atoms with Crippen LogP contribution < -0.4 is 9.80 Å². The second kappa shape index (κ2) is 18.7.